The van der Waals surface area contributed by atoms with Crippen molar-refractivity contribution in [3.8, 4) is 11.5 Å². The van der Waals surface area contributed by atoms with Gasteiger partial charge in [0, 0.05) is 17.8 Å². The average molecular weight is 534 g/mol. The van der Waals surface area contributed by atoms with E-state index in [1.54, 1.807) is 33.1 Å². The van der Waals surface area contributed by atoms with Crippen LogP contribution in [0.15, 0.2) is 36.4 Å². The second-order valence-corrected chi connectivity index (χ2v) is 12.0. The summed E-state index contributed by atoms with van der Waals surface area (Å²) in [5, 5.41) is 13.6. The molecule has 2 aromatic carbocycles. The number of hydrogen-bond acceptors (Lipinski definition) is 5. The number of nitrogens with one attached hydrogen (secondary N) is 1. The number of halogens is 3. The van der Waals surface area contributed by atoms with E-state index in [1.807, 2.05) is 12.1 Å². The molecule has 1 aliphatic rings. The van der Waals surface area contributed by atoms with Gasteiger partial charge in [0.25, 0.3) is 0 Å². The Bertz CT molecular complexity index is 1260. The van der Waals surface area contributed by atoms with Crippen LogP contribution in [-0.2, 0) is 6.42 Å². The van der Waals surface area contributed by atoms with E-state index >= 15 is 0 Å². The number of alkyl halides is 3. The van der Waals surface area contributed by atoms with Crippen LogP contribution in [0.4, 0.5) is 24.8 Å². The van der Waals surface area contributed by atoms with Crippen molar-refractivity contribution >= 4 is 22.7 Å². The zero-order chi connectivity index (χ0) is 27.9. The second-order valence-electron chi connectivity index (χ2n) is 12.0. The molecule has 38 heavy (non-hydrogen) atoms. The number of benzene rings is 2. The van der Waals surface area contributed by atoms with Crippen molar-refractivity contribution in [2.24, 2.45) is 11.3 Å². The van der Waals surface area contributed by atoms with Crippen LogP contribution < -0.4 is 14.8 Å². The largest absolute Gasteiger partial charge is 0.573 e. The Labute approximate surface area is 222 Å². The van der Waals surface area contributed by atoms with Gasteiger partial charge in [-0.1, -0.05) is 20.8 Å². The molecular formula is C29H38F3N3O3. The summed E-state index contributed by atoms with van der Waals surface area (Å²) in [6.45, 7) is 10.4. The molecular weight excluding hydrogens is 495 g/mol. The topological polar surface area (TPSA) is 68.5 Å². The minimum Gasteiger partial charge on any atom is -0.496 e. The van der Waals surface area contributed by atoms with Crippen molar-refractivity contribution in [2.75, 3.05) is 12.4 Å². The van der Waals surface area contributed by atoms with Crippen LogP contribution in [0.25, 0.3) is 11.0 Å². The van der Waals surface area contributed by atoms with Crippen LogP contribution in [0.3, 0.4) is 0 Å². The fraction of sp³-hybridized carbons (Fsp3) is 0.552. The van der Waals surface area contributed by atoms with Gasteiger partial charge in [-0.25, -0.2) is 4.98 Å². The van der Waals surface area contributed by atoms with Gasteiger partial charge >= 0.3 is 6.36 Å². The van der Waals surface area contributed by atoms with Gasteiger partial charge in [0.15, 0.2) is 0 Å². The average Bonchev–Trinajstić information content (AvgIpc) is 3.12. The molecule has 0 amide bonds. The van der Waals surface area contributed by atoms with Crippen molar-refractivity contribution in [1.29, 1.82) is 0 Å². The maximum Gasteiger partial charge on any atom is 0.573 e. The van der Waals surface area contributed by atoms with E-state index in [0.717, 1.165) is 41.6 Å². The van der Waals surface area contributed by atoms with E-state index in [4.69, 9.17) is 9.72 Å². The number of methoxy groups -OCH3 is 1. The Morgan fingerprint density at radius 2 is 1.82 bits per heavy atom. The zero-order valence-electron chi connectivity index (χ0n) is 22.9. The molecule has 0 unspecified atom stereocenters. The number of ether oxygens (including phenoxy) is 2. The van der Waals surface area contributed by atoms with E-state index < -0.39 is 12.0 Å². The number of aryl methyl sites for hydroxylation is 1. The molecule has 9 heteroatoms. The third-order valence-corrected chi connectivity index (χ3v) is 7.17. The summed E-state index contributed by atoms with van der Waals surface area (Å²) in [6, 6.07) is 9.87. The van der Waals surface area contributed by atoms with Gasteiger partial charge in [0.1, 0.15) is 11.5 Å². The van der Waals surface area contributed by atoms with Gasteiger partial charge in [-0.3, -0.25) is 0 Å². The quantitative estimate of drug-likeness (QED) is 0.309. The molecule has 0 saturated heterocycles. The Balaban J connectivity index is 1.76. The van der Waals surface area contributed by atoms with Crippen LogP contribution in [0, 0.1) is 11.3 Å². The molecule has 6 nitrogen and oxygen atoms in total. The van der Waals surface area contributed by atoms with Crippen molar-refractivity contribution in [3.05, 3.63) is 42.0 Å². The molecule has 2 N–H and O–H groups in total. The normalized spacial score (nSPS) is 19.9. The number of aliphatic hydroxyl groups is 1. The molecule has 2 atom stereocenters. The molecule has 1 aromatic heterocycles. The van der Waals surface area contributed by atoms with Crippen molar-refractivity contribution in [2.45, 2.75) is 84.7 Å². The number of hydrogen-bond donors (Lipinski definition) is 2. The molecule has 0 bridgehead atoms. The van der Waals surface area contributed by atoms with E-state index in [-0.39, 0.29) is 17.2 Å². The minimum absolute atomic E-state index is 0.156. The van der Waals surface area contributed by atoms with Gasteiger partial charge in [-0.15, -0.1) is 13.2 Å². The van der Waals surface area contributed by atoms with Gasteiger partial charge in [0.05, 0.1) is 23.7 Å². The predicted octanol–water partition coefficient (Wildman–Crippen LogP) is 7.78. The third kappa shape index (κ3) is 6.92. The Kier molecular flexibility index (Phi) is 7.63. The highest BCUT2D eigenvalue weighted by atomic mass is 19.4. The van der Waals surface area contributed by atoms with Crippen LogP contribution in [-0.4, -0.2) is 33.7 Å². The fourth-order valence-corrected chi connectivity index (χ4v) is 5.81. The number of anilines is 2. The molecule has 1 aliphatic carbocycles. The SMILES string of the molecule is COc1cc2c(cc1CCC(C)(C)O)nc(Nc1ccc(OC(F)(F)F)cc1)n2[C@@H]1C[C@H](C)CC(C)(C)C1. The molecule has 1 heterocycles. The summed E-state index contributed by atoms with van der Waals surface area (Å²) in [5.74, 6) is 1.62. The lowest BCUT2D eigenvalue weighted by Crippen LogP contribution is -2.29. The predicted molar refractivity (Wildman–Crippen MR) is 143 cm³/mol. The highest BCUT2D eigenvalue weighted by Gasteiger charge is 2.35. The molecule has 1 fully saturated rings. The highest BCUT2D eigenvalue weighted by molar-refractivity contribution is 5.83. The molecule has 0 aliphatic heterocycles. The first-order valence-corrected chi connectivity index (χ1v) is 13.1. The van der Waals surface area contributed by atoms with Crippen LogP contribution in [0.5, 0.6) is 11.5 Å². The zero-order valence-corrected chi connectivity index (χ0v) is 22.9. The lowest BCUT2D eigenvalue weighted by Gasteiger charge is -2.40. The first-order valence-electron chi connectivity index (χ1n) is 13.1. The monoisotopic (exact) mass is 533 g/mol. The van der Waals surface area contributed by atoms with Gasteiger partial charge in [-0.05, 0) is 93.2 Å². The molecule has 208 valence electrons. The summed E-state index contributed by atoms with van der Waals surface area (Å²) in [5.41, 5.74) is 2.65. The van der Waals surface area contributed by atoms with Crippen molar-refractivity contribution in [1.82, 2.24) is 9.55 Å². The lowest BCUT2D eigenvalue weighted by molar-refractivity contribution is -0.274. The molecule has 4 rings (SSSR count). The van der Waals surface area contributed by atoms with E-state index in [1.165, 1.54) is 12.1 Å². The van der Waals surface area contributed by atoms with Crippen LogP contribution in [0.2, 0.25) is 0 Å². The highest BCUT2D eigenvalue weighted by Crippen LogP contribution is 2.46. The summed E-state index contributed by atoms with van der Waals surface area (Å²) in [4.78, 5) is 4.94. The van der Waals surface area contributed by atoms with Crippen LogP contribution >= 0.6 is 0 Å². The maximum absolute atomic E-state index is 12.6. The molecule has 0 radical (unpaired) electrons. The van der Waals surface area contributed by atoms with Crippen molar-refractivity contribution < 1.29 is 27.8 Å². The number of nitrogens with zero attached hydrogens (tertiary/aromatic N) is 2. The van der Waals surface area contributed by atoms with Crippen molar-refractivity contribution in [3.63, 3.8) is 0 Å². The minimum atomic E-state index is -4.74. The lowest BCUT2D eigenvalue weighted by atomic mass is 9.70. The summed E-state index contributed by atoms with van der Waals surface area (Å²) in [7, 11) is 1.64. The van der Waals surface area contributed by atoms with Gasteiger partial charge in [-0.2, -0.15) is 0 Å². The Morgan fingerprint density at radius 1 is 1.13 bits per heavy atom. The first-order chi connectivity index (χ1) is 17.6. The van der Waals surface area contributed by atoms with E-state index in [9.17, 15) is 18.3 Å². The maximum atomic E-state index is 12.6. The third-order valence-electron chi connectivity index (χ3n) is 7.17. The summed E-state index contributed by atoms with van der Waals surface area (Å²) < 4.78 is 49.8. The summed E-state index contributed by atoms with van der Waals surface area (Å²) in [6.07, 6.45) is -0.434. The number of rotatable bonds is 8. The van der Waals surface area contributed by atoms with Gasteiger partial charge < -0.3 is 24.5 Å². The molecule has 0 spiro atoms. The first kappa shape index (κ1) is 28.1. The standard InChI is InChI=1S/C29H38F3N3O3/c1-18-13-21(17-27(2,3)16-18)35-24-15-25(37-6)19(11-12-28(4,5)36)14-23(24)34-26(35)33-20-7-9-22(10-8-20)38-29(30,31)32/h7-10,14-15,18,21,36H,11-13,16-17H2,1-6H3,(H,33,34)/t18-,21+/m0/s1. The fourth-order valence-electron chi connectivity index (χ4n) is 5.81. The molecule has 3 aromatic rings. The smallest absolute Gasteiger partial charge is 0.496 e. The van der Waals surface area contributed by atoms with Crippen LogP contribution in [0.1, 0.15) is 71.9 Å². The van der Waals surface area contributed by atoms with E-state index in [2.05, 4.69) is 35.4 Å². The Morgan fingerprint density at radius 3 is 2.39 bits per heavy atom. The second kappa shape index (κ2) is 10.3. The number of aromatic nitrogens is 2. The number of imidazole rings is 1. The summed E-state index contributed by atoms with van der Waals surface area (Å²) >= 11 is 0. The van der Waals surface area contributed by atoms with Gasteiger partial charge in [0.2, 0.25) is 5.95 Å². The van der Waals surface area contributed by atoms with E-state index in [0.29, 0.717) is 30.4 Å². The number of fused-ring (bicyclic) bond motifs is 1. The molecule has 1 saturated carbocycles. The Hall–Kier alpha value is -2.94.